The lowest BCUT2D eigenvalue weighted by atomic mass is 9.95. The zero-order chi connectivity index (χ0) is 27.3. The summed E-state index contributed by atoms with van der Waals surface area (Å²) in [6, 6.07) is 13.7. The van der Waals surface area contributed by atoms with Crippen molar-refractivity contribution in [1.29, 1.82) is 0 Å². The Labute approximate surface area is 215 Å². The summed E-state index contributed by atoms with van der Waals surface area (Å²) in [7, 11) is 0. The number of nitrogens with one attached hydrogen (secondary N) is 2. The molecular formula is C25H22ClN3O8. The van der Waals surface area contributed by atoms with Gasteiger partial charge in [0.1, 0.15) is 22.8 Å². The Balaban J connectivity index is 1.83. The molecule has 0 radical (unpaired) electrons. The lowest BCUT2D eigenvalue weighted by molar-refractivity contribution is -0.139. The van der Waals surface area contributed by atoms with E-state index in [1.54, 1.807) is 12.1 Å². The summed E-state index contributed by atoms with van der Waals surface area (Å²) in [5.41, 5.74) is 4.93. The largest absolute Gasteiger partial charge is 0.508 e. The van der Waals surface area contributed by atoms with Gasteiger partial charge >= 0.3 is 5.97 Å². The molecule has 37 heavy (non-hydrogen) atoms. The maximum atomic E-state index is 13.2. The molecule has 0 heterocycles. The van der Waals surface area contributed by atoms with Gasteiger partial charge in [0.05, 0.1) is 12.1 Å². The number of rotatable bonds is 9. The second-order valence-electron chi connectivity index (χ2n) is 7.97. The van der Waals surface area contributed by atoms with Gasteiger partial charge in [0.25, 0.3) is 11.8 Å². The molecule has 192 valence electrons. The summed E-state index contributed by atoms with van der Waals surface area (Å²) in [5.74, 6) is -5.50. The Morgan fingerprint density at radius 2 is 1.46 bits per heavy atom. The number of ketones is 1. The number of aromatic hydroxyl groups is 3. The number of amides is 2. The van der Waals surface area contributed by atoms with E-state index in [9.17, 15) is 34.5 Å². The molecule has 8 N–H and O–H groups in total. The van der Waals surface area contributed by atoms with E-state index >= 15 is 0 Å². The fourth-order valence-electron chi connectivity index (χ4n) is 3.32. The molecule has 3 aromatic rings. The van der Waals surface area contributed by atoms with Gasteiger partial charge < -0.3 is 36.8 Å². The zero-order valence-corrected chi connectivity index (χ0v) is 19.8. The highest BCUT2D eigenvalue weighted by Gasteiger charge is 2.32. The first-order valence-corrected chi connectivity index (χ1v) is 11.0. The van der Waals surface area contributed by atoms with Gasteiger partial charge in [-0.2, -0.15) is 0 Å². The van der Waals surface area contributed by atoms with E-state index in [0.717, 1.165) is 12.1 Å². The van der Waals surface area contributed by atoms with Gasteiger partial charge in [0.2, 0.25) is 10.8 Å². The molecule has 0 fully saturated rings. The second kappa shape index (κ2) is 11.0. The normalized spacial score (nSPS) is 12.3. The number of nitrogens with two attached hydrogens (primary N) is 1. The number of halogens is 1. The summed E-state index contributed by atoms with van der Waals surface area (Å²) >= 11 is 5.58. The van der Waals surface area contributed by atoms with Crippen LogP contribution in [0.3, 0.4) is 0 Å². The van der Waals surface area contributed by atoms with Crippen molar-refractivity contribution in [2.24, 2.45) is 5.73 Å². The van der Waals surface area contributed by atoms with Crippen molar-refractivity contribution in [1.82, 2.24) is 10.6 Å². The predicted molar refractivity (Wildman–Crippen MR) is 132 cm³/mol. The van der Waals surface area contributed by atoms with Gasteiger partial charge in [-0.25, -0.2) is 4.79 Å². The molecule has 2 amide bonds. The van der Waals surface area contributed by atoms with Crippen LogP contribution >= 0.6 is 11.6 Å². The minimum Gasteiger partial charge on any atom is -0.508 e. The molecule has 3 rings (SSSR count). The van der Waals surface area contributed by atoms with Crippen LogP contribution in [0.5, 0.6) is 17.2 Å². The van der Waals surface area contributed by atoms with Crippen LogP contribution in [0.1, 0.15) is 42.2 Å². The summed E-state index contributed by atoms with van der Waals surface area (Å²) in [4.78, 5) is 47.0. The fourth-order valence-corrected chi connectivity index (χ4v) is 3.39. The van der Waals surface area contributed by atoms with E-state index in [4.69, 9.17) is 22.4 Å². The van der Waals surface area contributed by atoms with Crippen molar-refractivity contribution in [2.45, 2.75) is 11.5 Å². The Bertz CT molecular complexity index is 1370. The van der Waals surface area contributed by atoms with Gasteiger partial charge in [-0.05, 0) is 35.9 Å². The third kappa shape index (κ3) is 6.34. The van der Waals surface area contributed by atoms with E-state index in [0.29, 0.717) is 5.56 Å². The molecule has 0 aliphatic carbocycles. The Morgan fingerprint density at radius 1 is 0.838 bits per heavy atom. The molecule has 0 saturated heterocycles. The van der Waals surface area contributed by atoms with E-state index in [-0.39, 0.29) is 29.0 Å². The van der Waals surface area contributed by atoms with Gasteiger partial charge in [-0.15, -0.1) is 0 Å². The van der Waals surface area contributed by atoms with Gasteiger partial charge in [0.15, 0.2) is 0 Å². The zero-order valence-electron chi connectivity index (χ0n) is 19.1. The predicted octanol–water partition coefficient (Wildman–Crippen LogP) is 1.67. The number of carboxylic acids is 1. The van der Waals surface area contributed by atoms with E-state index in [1.165, 1.54) is 36.4 Å². The number of hydrogen-bond donors (Lipinski definition) is 7. The molecule has 11 nitrogen and oxygen atoms in total. The summed E-state index contributed by atoms with van der Waals surface area (Å²) in [6.45, 7) is -0.611. The molecule has 0 spiro atoms. The molecule has 0 saturated carbocycles. The van der Waals surface area contributed by atoms with Gasteiger partial charge in [0, 0.05) is 17.7 Å². The topological polar surface area (TPSA) is 199 Å². The summed E-state index contributed by atoms with van der Waals surface area (Å²) in [5, 5.41) is 44.2. The van der Waals surface area contributed by atoms with Crippen LogP contribution in [0.4, 0.5) is 0 Å². The maximum Gasteiger partial charge on any atom is 0.341 e. The molecule has 0 bridgehead atoms. The van der Waals surface area contributed by atoms with Crippen LogP contribution in [0.15, 0.2) is 60.7 Å². The molecule has 0 unspecified atom stereocenters. The number of aliphatic carboxylic acids is 1. The second-order valence-corrected chi connectivity index (χ2v) is 8.64. The van der Waals surface area contributed by atoms with E-state index < -0.39 is 52.2 Å². The van der Waals surface area contributed by atoms with Crippen molar-refractivity contribution in [2.75, 3.05) is 6.54 Å². The fraction of sp³-hybridized carbons (Fsp3) is 0.120. The first-order chi connectivity index (χ1) is 17.4. The molecule has 12 heteroatoms. The summed E-state index contributed by atoms with van der Waals surface area (Å²) in [6.07, 6.45) is 0. The standard InChI is InChI=1S/C25H22ClN3O8/c26-25(27,24(36)37)12-29-22(34)14-9-18(31)20(19(32)10-14)21(33)16-6-1-2-7-17(16)23(35)28-11-13-4-3-5-15(30)8-13/h1-10,30-32H,11-12,27H2,(H,28,35)(H,29,34)(H,36,37)/t25-/m0/s1. The van der Waals surface area contributed by atoms with Gasteiger partial charge in [-0.3, -0.25) is 14.4 Å². The first kappa shape index (κ1) is 27.0. The number of benzene rings is 3. The Hall–Kier alpha value is -4.61. The minimum atomic E-state index is -2.28. The number of alkyl halides is 1. The van der Waals surface area contributed by atoms with E-state index in [1.807, 2.05) is 0 Å². The number of hydrogen-bond acceptors (Lipinski definition) is 8. The molecule has 0 aliphatic heterocycles. The number of carbonyl (C=O) groups excluding carboxylic acids is 3. The monoisotopic (exact) mass is 527 g/mol. The lowest BCUT2D eigenvalue weighted by Gasteiger charge is -2.17. The lowest BCUT2D eigenvalue weighted by Crippen LogP contribution is -2.51. The van der Waals surface area contributed by atoms with Crippen LogP contribution < -0.4 is 16.4 Å². The third-order valence-corrected chi connectivity index (χ3v) is 5.52. The number of carbonyl (C=O) groups is 4. The average Bonchev–Trinajstić information content (AvgIpc) is 2.85. The molecule has 3 aromatic carbocycles. The summed E-state index contributed by atoms with van der Waals surface area (Å²) < 4.78 is 0. The highest BCUT2D eigenvalue weighted by Crippen LogP contribution is 2.32. The van der Waals surface area contributed by atoms with Crippen LogP contribution in [0.2, 0.25) is 0 Å². The van der Waals surface area contributed by atoms with Crippen molar-refractivity contribution in [3.05, 3.63) is 88.5 Å². The smallest absolute Gasteiger partial charge is 0.341 e. The first-order valence-electron chi connectivity index (χ1n) is 10.7. The van der Waals surface area contributed by atoms with Crippen LogP contribution in [-0.4, -0.2) is 55.5 Å². The van der Waals surface area contributed by atoms with Crippen molar-refractivity contribution >= 4 is 35.2 Å². The molecule has 0 aromatic heterocycles. The number of phenols is 3. The highest BCUT2D eigenvalue weighted by molar-refractivity contribution is 6.33. The van der Waals surface area contributed by atoms with Crippen molar-refractivity contribution in [3.63, 3.8) is 0 Å². The SMILES string of the molecule is N[C@@](Cl)(CNC(=O)c1cc(O)c(C(=O)c2ccccc2C(=O)NCc2cccc(O)c2)c(O)c1)C(=O)O. The maximum absolute atomic E-state index is 13.2. The van der Waals surface area contributed by atoms with Crippen molar-refractivity contribution in [3.8, 4) is 17.2 Å². The molecule has 1 atom stereocenters. The Morgan fingerprint density at radius 3 is 2.05 bits per heavy atom. The minimum absolute atomic E-state index is 0.0253. The molecular weight excluding hydrogens is 506 g/mol. The highest BCUT2D eigenvalue weighted by atomic mass is 35.5. The third-order valence-electron chi connectivity index (χ3n) is 5.23. The van der Waals surface area contributed by atoms with Crippen LogP contribution in [0.25, 0.3) is 0 Å². The number of phenolic OH excluding ortho intramolecular Hbond substituents is 3. The molecule has 0 aliphatic rings. The Kier molecular flexibility index (Phi) is 8.01. The van der Waals surface area contributed by atoms with E-state index in [2.05, 4.69) is 10.6 Å². The average molecular weight is 528 g/mol. The van der Waals surface area contributed by atoms with Crippen molar-refractivity contribution < 1.29 is 39.6 Å². The number of carboxylic acid groups (broad SMARTS) is 1. The van der Waals surface area contributed by atoms with Crippen LogP contribution in [-0.2, 0) is 11.3 Å². The quantitative estimate of drug-likeness (QED) is 0.123. The van der Waals surface area contributed by atoms with Crippen LogP contribution in [0, 0.1) is 0 Å². The van der Waals surface area contributed by atoms with Gasteiger partial charge in [-0.1, -0.05) is 41.9 Å².